The highest BCUT2D eigenvalue weighted by Gasteiger charge is 2.50. The standard InChI is InChI=1S/C15H19NO3/c1-15(2)9-12(15)14(19)16-11-5-3-4-10(8-11)6-7-13(17)18/h3-5,8,12H,6-7,9H2,1-2H3,(H,16,19)(H,17,18)/t12-/m1/s1. The van der Waals surface area contributed by atoms with E-state index in [4.69, 9.17) is 5.11 Å². The second kappa shape index (κ2) is 5.03. The van der Waals surface area contributed by atoms with Gasteiger partial charge in [0.2, 0.25) is 5.91 Å². The SMILES string of the molecule is CC1(C)C[C@@H]1C(=O)Nc1cccc(CCC(=O)O)c1. The molecule has 4 nitrogen and oxygen atoms in total. The molecule has 19 heavy (non-hydrogen) atoms. The van der Waals surface area contributed by atoms with Crippen LogP contribution in [0, 0.1) is 11.3 Å². The summed E-state index contributed by atoms with van der Waals surface area (Å²) < 4.78 is 0. The molecule has 0 bridgehead atoms. The first kappa shape index (κ1) is 13.6. The lowest BCUT2D eigenvalue weighted by Gasteiger charge is -2.08. The Morgan fingerprint density at radius 1 is 1.42 bits per heavy atom. The van der Waals surface area contributed by atoms with Crippen molar-refractivity contribution < 1.29 is 14.7 Å². The fourth-order valence-corrected chi connectivity index (χ4v) is 2.20. The van der Waals surface area contributed by atoms with Crippen LogP contribution in [0.2, 0.25) is 0 Å². The van der Waals surface area contributed by atoms with Crippen molar-refractivity contribution in [2.24, 2.45) is 11.3 Å². The average molecular weight is 261 g/mol. The van der Waals surface area contributed by atoms with E-state index in [9.17, 15) is 9.59 Å². The maximum absolute atomic E-state index is 12.0. The Morgan fingerprint density at radius 2 is 2.11 bits per heavy atom. The van der Waals surface area contributed by atoms with Crippen LogP contribution in [0.3, 0.4) is 0 Å². The number of hydrogen-bond donors (Lipinski definition) is 2. The number of carbonyl (C=O) groups excluding carboxylic acids is 1. The van der Waals surface area contributed by atoms with E-state index in [0.29, 0.717) is 6.42 Å². The fourth-order valence-electron chi connectivity index (χ4n) is 2.20. The van der Waals surface area contributed by atoms with Crippen molar-refractivity contribution in [3.63, 3.8) is 0 Å². The van der Waals surface area contributed by atoms with Crippen molar-refractivity contribution in [1.82, 2.24) is 0 Å². The van der Waals surface area contributed by atoms with Gasteiger partial charge in [0.1, 0.15) is 0 Å². The van der Waals surface area contributed by atoms with Crippen LogP contribution in [-0.4, -0.2) is 17.0 Å². The second-order valence-corrected chi connectivity index (χ2v) is 5.83. The Kier molecular flexibility index (Phi) is 3.60. The van der Waals surface area contributed by atoms with Crippen LogP contribution in [0.5, 0.6) is 0 Å². The summed E-state index contributed by atoms with van der Waals surface area (Å²) in [6, 6.07) is 7.39. The van der Waals surface area contributed by atoms with Gasteiger partial charge in [0, 0.05) is 18.0 Å². The molecule has 1 amide bonds. The summed E-state index contributed by atoms with van der Waals surface area (Å²) in [4.78, 5) is 22.5. The molecule has 0 aromatic heterocycles. The third kappa shape index (κ3) is 3.56. The van der Waals surface area contributed by atoms with E-state index in [-0.39, 0.29) is 23.7 Å². The Bertz CT molecular complexity index is 508. The molecule has 0 radical (unpaired) electrons. The van der Waals surface area contributed by atoms with Crippen molar-refractivity contribution in [3.05, 3.63) is 29.8 Å². The highest BCUT2D eigenvalue weighted by atomic mass is 16.4. The molecule has 1 aliphatic carbocycles. The lowest BCUT2D eigenvalue weighted by molar-refractivity contribution is -0.137. The molecule has 0 unspecified atom stereocenters. The summed E-state index contributed by atoms with van der Waals surface area (Å²) in [6.45, 7) is 4.17. The lowest BCUT2D eigenvalue weighted by Crippen LogP contribution is -2.16. The minimum atomic E-state index is -0.811. The normalized spacial score (nSPS) is 19.8. The Labute approximate surface area is 112 Å². The molecule has 0 aliphatic heterocycles. The first-order valence-electron chi connectivity index (χ1n) is 6.50. The van der Waals surface area contributed by atoms with Crippen molar-refractivity contribution >= 4 is 17.6 Å². The number of benzene rings is 1. The van der Waals surface area contributed by atoms with Crippen LogP contribution >= 0.6 is 0 Å². The summed E-state index contributed by atoms with van der Waals surface area (Å²) in [5.41, 5.74) is 1.79. The minimum absolute atomic E-state index is 0.0559. The number of aliphatic carboxylic acids is 1. The van der Waals surface area contributed by atoms with E-state index in [1.807, 2.05) is 24.3 Å². The largest absolute Gasteiger partial charge is 0.481 e. The van der Waals surface area contributed by atoms with Crippen LogP contribution < -0.4 is 5.32 Å². The topological polar surface area (TPSA) is 66.4 Å². The average Bonchev–Trinajstić information content (AvgIpc) is 2.96. The molecule has 2 N–H and O–H groups in total. The zero-order chi connectivity index (χ0) is 14.0. The number of anilines is 1. The van der Waals surface area contributed by atoms with E-state index in [1.54, 1.807) is 0 Å². The Morgan fingerprint density at radius 3 is 2.68 bits per heavy atom. The van der Waals surface area contributed by atoms with E-state index in [1.165, 1.54) is 0 Å². The monoisotopic (exact) mass is 261 g/mol. The number of hydrogen-bond acceptors (Lipinski definition) is 2. The van der Waals surface area contributed by atoms with Gasteiger partial charge in [-0.3, -0.25) is 9.59 Å². The van der Waals surface area contributed by atoms with E-state index in [0.717, 1.165) is 17.7 Å². The van der Waals surface area contributed by atoms with E-state index >= 15 is 0 Å². The van der Waals surface area contributed by atoms with Crippen LogP contribution in [0.1, 0.15) is 32.3 Å². The number of aryl methyl sites for hydroxylation is 1. The van der Waals surface area contributed by atoms with Gasteiger partial charge in [-0.15, -0.1) is 0 Å². The minimum Gasteiger partial charge on any atom is -0.481 e. The van der Waals surface area contributed by atoms with Gasteiger partial charge in [-0.2, -0.15) is 0 Å². The summed E-state index contributed by atoms with van der Waals surface area (Å²) in [6.07, 6.45) is 1.51. The smallest absolute Gasteiger partial charge is 0.303 e. The number of carboxylic acid groups (broad SMARTS) is 1. The number of amides is 1. The van der Waals surface area contributed by atoms with Crippen LogP contribution in [0.4, 0.5) is 5.69 Å². The first-order valence-corrected chi connectivity index (χ1v) is 6.50. The van der Waals surface area contributed by atoms with Gasteiger partial charge in [0.15, 0.2) is 0 Å². The molecule has 1 aromatic rings. The third-order valence-electron chi connectivity index (χ3n) is 3.65. The maximum Gasteiger partial charge on any atom is 0.303 e. The zero-order valence-electron chi connectivity index (χ0n) is 11.3. The highest BCUT2D eigenvalue weighted by Crippen LogP contribution is 2.51. The summed E-state index contributed by atoms with van der Waals surface area (Å²) in [5.74, 6) is -0.662. The first-order chi connectivity index (χ1) is 8.88. The van der Waals surface area contributed by atoms with Crippen LogP contribution in [0.25, 0.3) is 0 Å². The van der Waals surface area contributed by atoms with Crippen molar-refractivity contribution in [3.8, 4) is 0 Å². The number of nitrogens with one attached hydrogen (secondary N) is 1. The van der Waals surface area contributed by atoms with Crippen molar-refractivity contribution in [2.75, 3.05) is 5.32 Å². The van der Waals surface area contributed by atoms with Crippen molar-refractivity contribution in [2.45, 2.75) is 33.1 Å². The summed E-state index contributed by atoms with van der Waals surface area (Å²) in [5, 5.41) is 11.6. The summed E-state index contributed by atoms with van der Waals surface area (Å²) in [7, 11) is 0. The van der Waals surface area contributed by atoms with Crippen LogP contribution in [0.15, 0.2) is 24.3 Å². The molecule has 2 rings (SSSR count). The van der Waals surface area contributed by atoms with E-state index < -0.39 is 5.97 Å². The van der Waals surface area contributed by atoms with Gasteiger partial charge < -0.3 is 10.4 Å². The molecular formula is C15H19NO3. The molecule has 0 heterocycles. The second-order valence-electron chi connectivity index (χ2n) is 5.83. The molecule has 1 aromatic carbocycles. The molecule has 1 atom stereocenters. The Hall–Kier alpha value is -1.84. The molecule has 1 aliphatic rings. The Balaban J connectivity index is 1.95. The predicted molar refractivity (Wildman–Crippen MR) is 72.9 cm³/mol. The third-order valence-corrected chi connectivity index (χ3v) is 3.65. The molecule has 4 heteroatoms. The zero-order valence-corrected chi connectivity index (χ0v) is 11.3. The molecule has 0 saturated heterocycles. The maximum atomic E-state index is 12.0. The quantitative estimate of drug-likeness (QED) is 0.856. The molecule has 1 fully saturated rings. The van der Waals surface area contributed by atoms with Crippen molar-refractivity contribution in [1.29, 1.82) is 0 Å². The fraction of sp³-hybridized carbons (Fsp3) is 0.467. The predicted octanol–water partition coefficient (Wildman–Crippen LogP) is 2.69. The van der Waals surface area contributed by atoms with Gasteiger partial charge in [0.05, 0.1) is 0 Å². The van der Waals surface area contributed by atoms with Gasteiger partial charge in [0.25, 0.3) is 0 Å². The van der Waals surface area contributed by atoms with Gasteiger partial charge in [-0.25, -0.2) is 0 Å². The van der Waals surface area contributed by atoms with Gasteiger partial charge >= 0.3 is 5.97 Å². The number of carbonyl (C=O) groups is 2. The van der Waals surface area contributed by atoms with Gasteiger partial charge in [-0.05, 0) is 36.0 Å². The van der Waals surface area contributed by atoms with Gasteiger partial charge in [-0.1, -0.05) is 26.0 Å². The summed E-state index contributed by atoms with van der Waals surface area (Å²) >= 11 is 0. The van der Waals surface area contributed by atoms with E-state index in [2.05, 4.69) is 19.2 Å². The molecule has 102 valence electrons. The lowest BCUT2D eigenvalue weighted by atomic mass is 10.1. The number of carboxylic acids is 1. The molecular weight excluding hydrogens is 242 g/mol. The number of rotatable bonds is 5. The van der Waals surface area contributed by atoms with Crippen LogP contribution in [-0.2, 0) is 16.0 Å². The molecule has 0 spiro atoms. The molecule has 1 saturated carbocycles. The highest BCUT2D eigenvalue weighted by molar-refractivity contribution is 5.95.